The summed E-state index contributed by atoms with van der Waals surface area (Å²) in [5, 5.41) is 0. The molecule has 1 heterocycles. The van der Waals surface area contributed by atoms with Crippen molar-refractivity contribution in [1.29, 1.82) is 0 Å². The minimum atomic E-state index is 0.686. The summed E-state index contributed by atoms with van der Waals surface area (Å²) in [6, 6.07) is 3.62. The lowest BCUT2D eigenvalue weighted by Gasteiger charge is -1.95. The maximum Gasteiger partial charge on any atom is 0.0858 e. The third-order valence-electron chi connectivity index (χ3n) is 1.26. The monoisotopic (exact) mass is 176 g/mol. The number of aromatic nitrogens is 1. The zero-order valence-corrected chi connectivity index (χ0v) is 8.20. The third-order valence-corrected chi connectivity index (χ3v) is 1.26. The van der Waals surface area contributed by atoms with Gasteiger partial charge in [-0.3, -0.25) is 4.98 Å². The number of nitrogen functional groups attached to an aromatic ring is 1. The summed E-state index contributed by atoms with van der Waals surface area (Å²) in [4.78, 5) is 4.06. The van der Waals surface area contributed by atoms with E-state index in [4.69, 9.17) is 5.73 Å². The molecule has 1 rings (SSSR count). The highest BCUT2D eigenvalue weighted by atomic mass is 14.7. The molecule has 0 saturated heterocycles. The fourth-order valence-corrected chi connectivity index (χ4v) is 0.728. The Kier molecular flexibility index (Phi) is 6.24. The molecular weight excluding hydrogens is 160 g/mol. The van der Waals surface area contributed by atoms with Crippen LogP contribution < -0.4 is 5.73 Å². The van der Waals surface area contributed by atoms with Gasteiger partial charge in [-0.25, -0.2) is 0 Å². The SMILES string of the molecule is C=C/C=C\c1ncccc1N.CC. The highest BCUT2D eigenvalue weighted by Crippen LogP contribution is 2.07. The zero-order chi connectivity index (χ0) is 10.1. The third kappa shape index (κ3) is 4.11. The first-order chi connectivity index (χ1) is 6.34. The molecule has 2 heteroatoms. The molecule has 0 fully saturated rings. The second-order valence-electron chi connectivity index (χ2n) is 2.07. The molecule has 0 aliphatic carbocycles. The normalized spacial score (nSPS) is 9.08. The van der Waals surface area contributed by atoms with E-state index in [2.05, 4.69) is 11.6 Å². The summed E-state index contributed by atoms with van der Waals surface area (Å²) in [6.07, 6.45) is 7.02. The predicted molar refractivity (Wildman–Crippen MR) is 59.2 cm³/mol. The fraction of sp³-hybridized carbons (Fsp3) is 0.182. The lowest BCUT2D eigenvalue weighted by atomic mass is 10.3. The van der Waals surface area contributed by atoms with Crippen LogP contribution in [0.2, 0.25) is 0 Å². The average Bonchev–Trinajstić information content (AvgIpc) is 2.20. The smallest absolute Gasteiger partial charge is 0.0858 e. The number of anilines is 1. The Bertz CT molecular complexity index is 277. The maximum absolute atomic E-state index is 5.61. The molecule has 0 unspecified atom stereocenters. The van der Waals surface area contributed by atoms with E-state index in [9.17, 15) is 0 Å². The molecule has 1 aromatic rings. The van der Waals surface area contributed by atoms with Crippen molar-refractivity contribution in [2.45, 2.75) is 13.8 Å². The largest absolute Gasteiger partial charge is 0.397 e. The highest BCUT2D eigenvalue weighted by molar-refractivity contribution is 5.60. The number of pyridine rings is 1. The fourth-order valence-electron chi connectivity index (χ4n) is 0.728. The zero-order valence-electron chi connectivity index (χ0n) is 8.20. The van der Waals surface area contributed by atoms with E-state index in [1.807, 2.05) is 26.0 Å². The molecule has 0 atom stereocenters. The number of nitrogens with zero attached hydrogens (tertiary/aromatic N) is 1. The molecule has 0 saturated carbocycles. The van der Waals surface area contributed by atoms with E-state index >= 15 is 0 Å². The van der Waals surface area contributed by atoms with Gasteiger partial charge in [0.25, 0.3) is 0 Å². The van der Waals surface area contributed by atoms with Crippen molar-refractivity contribution in [3.8, 4) is 0 Å². The number of hydrogen-bond donors (Lipinski definition) is 1. The van der Waals surface area contributed by atoms with Gasteiger partial charge in [-0.2, -0.15) is 0 Å². The summed E-state index contributed by atoms with van der Waals surface area (Å²) in [5.74, 6) is 0. The van der Waals surface area contributed by atoms with Crippen molar-refractivity contribution < 1.29 is 0 Å². The molecule has 0 amide bonds. The summed E-state index contributed by atoms with van der Waals surface area (Å²) in [7, 11) is 0. The predicted octanol–water partition coefficient (Wildman–Crippen LogP) is 2.89. The Labute approximate surface area is 79.8 Å². The summed E-state index contributed by atoms with van der Waals surface area (Å²) >= 11 is 0. The van der Waals surface area contributed by atoms with Gasteiger partial charge in [0.2, 0.25) is 0 Å². The van der Waals surface area contributed by atoms with E-state index in [0.717, 1.165) is 5.69 Å². The van der Waals surface area contributed by atoms with Crippen LogP contribution in [0.1, 0.15) is 19.5 Å². The second-order valence-corrected chi connectivity index (χ2v) is 2.07. The molecule has 0 aliphatic rings. The van der Waals surface area contributed by atoms with Crippen LogP contribution in [0.15, 0.2) is 37.1 Å². The second kappa shape index (κ2) is 7.10. The van der Waals surface area contributed by atoms with Crippen LogP contribution in [0, 0.1) is 0 Å². The van der Waals surface area contributed by atoms with Crippen LogP contribution >= 0.6 is 0 Å². The Morgan fingerprint density at radius 3 is 2.69 bits per heavy atom. The summed E-state index contributed by atoms with van der Waals surface area (Å²) in [6.45, 7) is 7.55. The Hall–Kier alpha value is -1.57. The molecule has 0 aliphatic heterocycles. The Morgan fingerprint density at radius 2 is 2.15 bits per heavy atom. The molecule has 0 spiro atoms. The lowest BCUT2D eigenvalue weighted by Crippen LogP contribution is -1.90. The first-order valence-corrected chi connectivity index (χ1v) is 4.34. The van der Waals surface area contributed by atoms with Gasteiger partial charge >= 0.3 is 0 Å². The molecule has 13 heavy (non-hydrogen) atoms. The van der Waals surface area contributed by atoms with Crippen LogP contribution in [0.3, 0.4) is 0 Å². The Morgan fingerprint density at radius 1 is 1.46 bits per heavy atom. The molecule has 0 radical (unpaired) electrons. The van der Waals surface area contributed by atoms with Crippen LogP contribution in [0.4, 0.5) is 5.69 Å². The number of rotatable bonds is 2. The molecule has 0 bridgehead atoms. The highest BCUT2D eigenvalue weighted by Gasteiger charge is 1.90. The van der Waals surface area contributed by atoms with Gasteiger partial charge < -0.3 is 5.73 Å². The number of nitrogens with two attached hydrogens (primary N) is 1. The van der Waals surface area contributed by atoms with Gasteiger partial charge in [-0.1, -0.05) is 32.6 Å². The lowest BCUT2D eigenvalue weighted by molar-refractivity contribution is 1.30. The number of allylic oxidation sites excluding steroid dienone is 2. The van der Waals surface area contributed by atoms with Gasteiger partial charge in [0.05, 0.1) is 11.4 Å². The summed E-state index contributed by atoms with van der Waals surface area (Å²) < 4.78 is 0. The first kappa shape index (κ1) is 11.4. The van der Waals surface area contributed by atoms with Crippen molar-refractivity contribution >= 4 is 11.8 Å². The number of hydrogen-bond acceptors (Lipinski definition) is 2. The quantitative estimate of drug-likeness (QED) is 0.704. The first-order valence-electron chi connectivity index (χ1n) is 4.34. The van der Waals surface area contributed by atoms with E-state index in [1.54, 1.807) is 24.4 Å². The van der Waals surface area contributed by atoms with E-state index in [0.29, 0.717) is 5.69 Å². The van der Waals surface area contributed by atoms with Crippen LogP contribution in [0.5, 0.6) is 0 Å². The van der Waals surface area contributed by atoms with Crippen molar-refractivity contribution in [1.82, 2.24) is 4.98 Å². The molecular formula is C11H16N2. The van der Waals surface area contributed by atoms with Gasteiger partial charge in [0.1, 0.15) is 0 Å². The molecule has 2 N–H and O–H groups in total. The van der Waals surface area contributed by atoms with Crippen molar-refractivity contribution in [2.75, 3.05) is 5.73 Å². The summed E-state index contributed by atoms with van der Waals surface area (Å²) in [5.41, 5.74) is 7.08. The van der Waals surface area contributed by atoms with E-state index in [-0.39, 0.29) is 0 Å². The van der Waals surface area contributed by atoms with Gasteiger partial charge in [0.15, 0.2) is 0 Å². The molecule has 2 nitrogen and oxygen atoms in total. The van der Waals surface area contributed by atoms with Gasteiger partial charge in [-0.15, -0.1) is 0 Å². The topological polar surface area (TPSA) is 38.9 Å². The Balaban J connectivity index is 0.000000671. The van der Waals surface area contributed by atoms with Crippen molar-refractivity contribution in [2.24, 2.45) is 0 Å². The average molecular weight is 176 g/mol. The van der Waals surface area contributed by atoms with Crippen molar-refractivity contribution in [3.63, 3.8) is 0 Å². The van der Waals surface area contributed by atoms with Crippen LogP contribution in [-0.2, 0) is 0 Å². The van der Waals surface area contributed by atoms with E-state index in [1.165, 1.54) is 0 Å². The molecule has 70 valence electrons. The van der Waals surface area contributed by atoms with Crippen LogP contribution in [0.25, 0.3) is 6.08 Å². The van der Waals surface area contributed by atoms with Gasteiger partial charge in [0, 0.05) is 6.20 Å². The van der Waals surface area contributed by atoms with Crippen LogP contribution in [-0.4, -0.2) is 4.98 Å². The van der Waals surface area contributed by atoms with Crippen molar-refractivity contribution in [3.05, 3.63) is 42.8 Å². The minimum absolute atomic E-state index is 0.686. The van der Waals surface area contributed by atoms with E-state index < -0.39 is 0 Å². The maximum atomic E-state index is 5.61. The standard InChI is InChI=1S/C9H10N2.C2H6/c1-2-3-6-9-8(10)5-4-7-11-9;1-2/h2-7H,1,10H2;1-2H3/b6-3-;. The molecule has 0 aromatic carbocycles. The minimum Gasteiger partial charge on any atom is -0.397 e. The molecule has 1 aromatic heterocycles. The van der Waals surface area contributed by atoms with Gasteiger partial charge in [-0.05, 0) is 18.2 Å².